The van der Waals surface area contributed by atoms with Crippen LogP contribution in [0.1, 0.15) is 12.1 Å². The molecule has 1 fully saturated rings. The molecule has 8 nitrogen and oxygen atoms in total. The summed E-state index contributed by atoms with van der Waals surface area (Å²) in [5.41, 5.74) is 1.65. The molecule has 0 saturated carbocycles. The highest BCUT2D eigenvalue weighted by Gasteiger charge is 2.21. The molecular formula is C16H22N6O2. The quantitative estimate of drug-likeness (QED) is 0.790. The zero-order valence-corrected chi connectivity index (χ0v) is 14.1. The van der Waals surface area contributed by atoms with Crippen LogP contribution in [0.3, 0.4) is 0 Å². The van der Waals surface area contributed by atoms with Crippen molar-refractivity contribution in [3.05, 3.63) is 40.6 Å². The predicted octanol–water partition coefficient (Wildman–Crippen LogP) is 0.0241. The Morgan fingerprint density at radius 1 is 1.25 bits per heavy atom. The summed E-state index contributed by atoms with van der Waals surface area (Å²) in [5.74, 6) is 0.143. The van der Waals surface area contributed by atoms with Crippen molar-refractivity contribution in [1.82, 2.24) is 24.5 Å². The maximum absolute atomic E-state index is 12.3. The van der Waals surface area contributed by atoms with Gasteiger partial charge in [0.25, 0.3) is 5.56 Å². The Bertz CT molecular complexity index is 773. The van der Waals surface area contributed by atoms with Crippen molar-refractivity contribution in [2.45, 2.75) is 19.9 Å². The minimum atomic E-state index is -0.125. The lowest BCUT2D eigenvalue weighted by molar-refractivity contribution is -0.131. The van der Waals surface area contributed by atoms with Crippen molar-refractivity contribution in [1.29, 1.82) is 0 Å². The summed E-state index contributed by atoms with van der Waals surface area (Å²) in [5, 5.41) is 8.34. The number of aryl methyl sites for hydroxylation is 3. The van der Waals surface area contributed by atoms with Gasteiger partial charge in [-0.3, -0.25) is 14.3 Å². The van der Waals surface area contributed by atoms with Crippen LogP contribution in [0.5, 0.6) is 0 Å². The number of nitrogens with zero attached hydrogens (tertiary/aromatic N) is 6. The maximum Gasteiger partial charge on any atom is 0.268 e. The molecule has 0 spiro atoms. The Morgan fingerprint density at radius 2 is 2.00 bits per heavy atom. The third-order valence-electron chi connectivity index (χ3n) is 4.28. The number of anilines is 1. The molecule has 0 radical (unpaired) electrons. The molecule has 0 unspecified atom stereocenters. The van der Waals surface area contributed by atoms with E-state index in [0.717, 1.165) is 11.4 Å². The van der Waals surface area contributed by atoms with Gasteiger partial charge in [-0.1, -0.05) is 0 Å². The van der Waals surface area contributed by atoms with Gasteiger partial charge in [-0.15, -0.1) is 0 Å². The van der Waals surface area contributed by atoms with Crippen LogP contribution in [0.4, 0.5) is 5.69 Å². The Morgan fingerprint density at radius 3 is 2.62 bits per heavy atom. The zero-order valence-electron chi connectivity index (χ0n) is 14.1. The van der Waals surface area contributed by atoms with E-state index in [1.165, 1.54) is 4.68 Å². The molecule has 1 aliphatic heterocycles. The van der Waals surface area contributed by atoms with E-state index in [1.54, 1.807) is 24.0 Å². The fourth-order valence-corrected chi connectivity index (χ4v) is 2.80. The van der Waals surface area contributed by atoms with Crippen LogP contribution in [-0.2, 0) is 18.4 Å². The van der Waals surface area contributed by atoms with Crippen molar-refractivity contribution in [3.8, 4) is 0 Å². The lowest BCUT2D eigenvalue weighted by atomic mass is 10.2. The largest absolute Gasteiger partial charge is 0.367 e. The van der Waals surface area contributed by atoms with Crippen LogP contribution in [0.25, 0.3) is 0 Å². The van der Waals surface area contributed by atoms with Crippen molar-refractivity contribution in [2.24, 2.45) is 7.05 Å². The second-order valence-electron chi connectivity index (χ2n) is 6.01. The van der Waals surface area contributed by atoms with Crippen LogP contribution in [0.15, 0.2) is 29.3 Å². The Hall–Kier alpha value is -2.64. The van der Waals surface area contributed by atoms with Crippen LogP contribution in [0, 0.1) is 6.92 Å². The Balaban J connectivity index is 1.51. The summed E-state index contributed by atoms with van der Waals surface area (Å²) in [7, 11) is 1.63. The van der Waals surface area contributed by atoms with Gasteiger partial charge in [0.2, 0.25) is 5.91 Å². The van der Waals surface area contributed by atoms with Gasteiger partial charge in [-0.2, -0.15) is 10.2 Å². The van der Waals surface area contributed by atoms with Gasteiger partial charge < -0.3 is 9.80 Å². The number of piperazine rings is 1. The van der Waals surface area contributed by atoms with E-state index in [4.69, 9.17) is 0 Å². The third kappa shape index (κ3) is 3.64. The second-order valence-corrected chi connectivity index (χ2v) is 6.01. The number of hydrogen-bond donors (Lipinski definition) is 0. The van der Waals surface area contributed by atoms with Gasteiger partial charge in [-0.25, -0.2) is 4.68 Å². The van der Waals surface area contributed by atoms with Crippen molar-refractivity contribution < 1.29 is 4.79 Å². The monoisotopic (exact) mass is 330 g/mol. The van der Waals surface area contributed by atoms with E-state index >= 15 is 0 Å². The molecule has 8 heteroatoms. The molecule has 0 aliphatic carbocycles. The van der Waals surface area contributed by atoms with E-state index in [-0.39, 0.29) is 11.5 Å². The molecular weight excluding hydrogens is 308 g/mol. The fraction of sp³-hybridized carbons (Fsp3) is 0.500. The normalized spacial score (nSPS) is 14.9. The minimum Gasteiger partial charge on any atom is -0.367 e. The van der Waals surface area contributed by atoms with E-state index in [1.807, 2.05) is 24.1 Å². The average molecular weight is 330 g/mol. The lowest BCUT2D eigenvalue weighted by Crippen LogP contribution is -2.49. The highest BCUT2D eigenvalue weighted by atomic mass is 16.2. The van der Waals surface area contributed by atoms with Crippen molar-refractivity contribution in [2.75, 3.05) is 31.1 Å². The lowest BCUT2D eigenvalue weighted by Gasteiger charge is -2.35. The average Bonchev–Trinajstić information content (AvgIpc) is 3.01. The first-order valence-electron chi connectivity index (χ1n) is 8.09. The van der Waals surface area contributed by atoms with Crippen molar-refractivity contribution >= 4 is 11.6 Å². The molecule has 3 rings (SSSR count). The van der Waals surface area contributed by atoms with Gasteiger partial charge in [-0.05, 0) is 13.0 Å². The maximum atomic E-state index is 12.3. The molecule has 0 atom stereocenters. The second kappa shape index (κ2) is 6.86. The van der Waals surface area contributed by atoms with E-state index in [9.17, 15) is 9.59 Å². The summed E-state index contributed by atoms with van der Waals surface area (Å²) in [6.07, 6.45) is 4.04. The minimum absolute atomic E-state index is 0.125. The number of aromatic nitrogens is 4. The van der Waals surface area contributed by atoms with Gasteiger partial charge in [0, 0.05) is 58.5 Å². The number of carbonyl (C=O) groups is 1. The summed E-state index contributed by atoms with van der Waals surface area (Å²) in [6.45, 7) is 5.27. The molecule has 24 heavy (non-hydrogen) atoms. The first kappa shape index (κ1) is 16.2. The number of rotatable bonds is 4. The van der Waals surface area contributed by atoms with Gasteiger partial charge >= 0.3 is 0 Å². The van der Waals surface area contributed by atoms with Crippen LogP contribution < -0.4 is 10.5 Å². The van der Waals surface area contributed by atoms with E-state index in [2.05, 4.69) is 15.1 Å². The van der Waals surface area contributed by atoms with Crippen molar-refractivity contribution in [3.63, 3.8) is 0 Å². The number of hydrogen-bond acceptors (Lipinski definition) is 5. The van der Waals surface area contributed by atoms with E-state index in [0.29, 0.717) is 39.1 Å². The predicted molar refractivity (Wildman–Crippen MR) is 89.9 cm³/mol. The molecule has 1 amide bonds. The molecule has 2 aromatic heterocycles. The molecule has 128 valence electrons. The number of amides is 1. The molecule has 0 N–H and O–H groups in total. The Labute approximate surface area is 140 Å². The molecule has 1 aliphatic rings. The number of carbonyl (C=O) groups excluding carboxylic acids is 1. The first-order valence-corrected chi connectivity index (χ1v) is 8.09. The molecule has 2 aromatic rings. The summed E-state index contributed by atoms with van der Waals surface area (Å²) in [6, 6.07) is 3.52. The fourth-order valence-electron chi connectivity index (χ4n) is 2.80. The molecule has 0 bridgehead atoms. The van der Waals surface area contributed by atoms with Crippen LogP contribution in [-0.4, -0.2) is 56.5 Å². The summed E-state index contributed by atoms with van der Waals surface area (Å²) in [4.78, 5) is 28.0. The SMILES string of the molecule is Cc1ccn(CCC(=O)N2CCN(c3cnn(C)c(=O)c3)CC2)n1. The highest BCUT2D eigenvalue weighted by molar-refractivity contribution is 5.76. The Kier molecular flexibility index (Phi) is 4.64. The highest BCUT2D eigenvalue weighted by Crippen LogP contribution is 2.13. The molecule has 0 aromatic carbocycles. The van der Waals surface area contributed by atoms with Crippen LogP contribution in [0.2, 0.25) is 0 Å². The van der Waals surface area contributed by atoms with Gasteiger partial charge in [0.1, 0.15) is 0 Å². The summed E-state index contributed by atoms with van der Waals surface area (Å²) < 4.78 is 3.11. The third-order valence-corrected chi connectivity index (χ3v) is 4.28. The van der Waals surface area contributed by atoms with Crippen LogP contribution >= 0.6 is 0 Å². The van der Waals surface area contributed by atoms with E-state index < -0.39 is 0 Å². The first-order chi connectivity index (χ1) is 11.5. The smallest absolute Gasteiger partial charge is 0.268 e. The van der Waals surface area contributed by atoms with Gasteiger partial charge in [0.15, 0.2) is 0 Å². The molecule has 3 heterocycles. The molecule has 1 saturated heterocycles. The summed E-state index contributed by atoms with van der Waals surface area (Å²) >= 11 is 0. The topological polar surface area (TPSA) is 76.3 Å². The van der Waals surface area contributed by atoms with Gasteiger partial charge in [0.05, 0.1) is 17.6 Å². The standard InChI is InChI=1S/C16H22N6O2/c1-13-3-5-22(18-13)6-4-15(23)21-9-7-20(8-10-21)14-11-16(24)19(2)17-12-14/h3,5,11-12H,4,6-10H2,1-2H3. The zero-order chi connectivity index (χ0) is 17.1.